The summed E-state index contributed by atoms with van der Waals surface area (Å²) in [6.07, 6.45) is 1.08. The zero-order chi connectivity index (χ0) is 14.3. The number of nitrogens with zero attached hydrogens (tertiary/aromatic N) is 3. The number of fused-ring (bicyclic) bond motifs is 1. The summed E-state index contributed by atoms with van der Waals surface area (Å²) in [4.78, 5) is 10.4. The third-order valence-electron chi connectivity index (χ3n) is 4.87. The molecule has 1 saturated heterocycles. The van der Waals surface area contributed by atoms with E-state index in [2.05, 4.69) is 48.9 Å². The summed E-state index contributed by atoms with van der Waals surface area (Å²) < 4.78 is 0. The Kier molecular flexibility index (Phi) is 3.61. The van der Waals surface area contributed by atoms with Gasteiger partial charge in [0.15, 0.2) is 0 Å². The highest BCUT2D eigenvalue weighted by atomic mass is 16.7. The van der Waals surface area contributed by atoms with Gasteiger partial charge in [-0.05, 0) is 45.0 Å². The Hall–Kier alpha value is -1.26. The fourth-order valence-corrected chi connectivity index (χ4v) is 3.34. The Bertz CT molecular complexity index is 479. The molecule has 1 aromatic rings. The van der Waals surface area contributed by atoms with Gasteiger partial charge in [-0.25, -0.2) is 0 Å². The van der Waals surface area contributed by atoms with E-state index >= 15 is 0 Å². The predicted molar refractivity (Wildman–Crippen MR) is 83.4 cm³/mol. The number of benzene rings is 1. The van der Waals surface area contributed by atoms with Crippen molar-refractivity contribution < 1.29 is 4.84 Å². The third kappa shape index (κ3) is 2.27. The minimum absolute atomic E-state index is 0.588. The number of hydrogen-bond donors (Lipinski definition) is 0. The van der Waals surface area contributed by atoms with E-state index in [0.717, 1.165) is 26.1 Å². The van der Waals surface area contributed by atoms with Gasteiger partial charge in [-0.1, -0.05) is 6.07 Å². The van der Waals surface area contributed by atoms with Gasteiger partial charge in [-0.3, -0.25) is 14.8 Å². The lowest BCUT2D eigenvalue weighted by Crippen LogP contribution is -2.55. The number of rotatable bonds is 2. The first-order chi connectivity index (χ1) is 9.60. The molecule has 2 unspecified atom stereocenters. The lowest BCUT2D eigenvalue weighted by atomic mass is 10.1. The minimum atomic E-state index is 0.588. The van der Waals surface area contributed by atoms with Gasteiger partial charge in [0.05, 0.1) is 12.8 Å². The van der Waals surface area contributed by atoms with E-state index in [1.165, 1.54) is 16.9 Å². The summed E-state index contributed by atoms with van der Waals surface area (Å²) in [5.41, 5.74) is 3.95. The van der Waals surface area contributed by atoms with E-state index in [0.29, 0.717) is 12.1 Å². The van der Waals surface area contributed by atoms with Crippen molar-refractivity contribution >= 4 is 11.4 Å². The molecule has 4 heteroatoms. The summed E-state index contributed by atoms with van der Waals surface area (Å²) in [5, 5.41) is 2.00. The van der Waals surface area contributed by atoms with Crippen LogP contribution in [0.5, 0.6) is 0 Å². The summed E-state index contributed by atoms with van der Waals surface area (Å²) in [6.45, 7) is 7.75. The third-order valence-corrected chi connectivity index (χ3v) is 4.87. The molecule has 0 aromatic heterocycles. The molecule has 0 saturated carbocycles. The lowest BCUT2D eigenvalue weighted by Gasteiger charge is -2.43. The molecular weight excluding hydrogens is 250 g/mol. The van der Waals surface area contributed by atoms with Crippen molar-refractivity contribution in [1.82, 2.24) is 4.90 Å². The Labute approximate surface area is 121 Å². The van der Waals surface area contributed by atoms with Crippen LogP contribution < -0.4 is 9.96 Å². The molecule has 2 aliphatic rings. The first-order valence-electron chi connectivity index (χ1n) is 7.51. The molecule has 0 aliphatic carbocycles. The molecule has 0 spiro atoms. The Balaban J connectivity index is 1.85. The van der Waals surface area contributed by atoms with Crippen molar-refractivity contribution in [3.05, 3.63) is 23.8 Å². The van der Waals surface area contributed by atoms with Crippen LogP contribution in [0.25, 0.3) is 0 Å². The normalized spacial score (nSPS) is 27.0. The van der Waals surface area contributed by atoms with Gasteiger partial charge in [0.2, 0.25) is 0 Å². The average Bonchev–Trinajstić information content (AvgIpc) is 2.86. The van der Waals surface area contributed by atoms with Crippen LogP contribution in [-0.4, -0.2) is 50.8 Å². The van der Waals surface area contributed by atoms with Crippen LogP contribution in [0, 0.1) is 0 Å². The maximum absolute atomic E-state index is 5.45. The Morgan fingerprint density at radius 1 is 1.15 bits per heavy atom. The average molecular weight is 275 g/mol. The van der Waals surface area contributed by atoms with E-state index in [4.69, 9.17) is 4.84 Å². The fourth-order valence-electron chi connectivity index (χ4n) is 3.34. The highest BCUT2D eigenvalue weighted by Crippen LogP contribution is 2.33. The lowest BCUT2D eigenvalue weighted by molar-refractivity contribution is 0.169. The van der Waals surface area contributed by atoms with Crippen LogP contribution in [0.3, 0.4) is 0 Å². The standard InChI is InChI=1S/C16H25N3O/c1-12-10-18(11-13(2)17(12)3)15-6-5-14-7-8-19(20-4)16(14)9-15/h5-6,9,12-13H,7-8,10-11H2,1-4H3. The number of anilines is 2. The van der Waals surface area contributed by atoms with E-state index in [-0.39, 0.29) is 0 Å². The molecule has 3 rings (SSSR count). The van der Waals surface area contributed by atoms with Crippen LogP contribution in [0.2, 0.25) is 0 Å². The fraction of sp³-hybridized carbons (Fsp3) is 0.625. The van der Waals surface area contributed by atoms with Crippen LogP contribution in [0.15, 0.2) is 18.2 Å². The van der Waals surface area contributed by atoms with Gasteiger partial charge < -0.3 is 4.90 Å². The zero-order valence-electron chi connectivity index (χ0n) is 13.0. The summed E-state index contributed by atoms with van der Waals surface area (Å²) >= 11 is 0. The van der Waals surface area contributed by atoms with Gasteiger partial charge in [0.25, 0.3) is 0 Å². The molecule has 20 heavy (non-hydrogen) atoms. The van der Waals surface area contributed by atoms with Crippen molar-refractivity contribution in [3.63, 3.8) is 0 Å². The van der Waals surface area contributed by atoms with Gasteiger partial charge in [0, 0.05) is 37.4 Å². The molecular formula is C16H25N3O. The van der Waals surface area contributed by atoms with Crippen LogP contribution in [0.1, 0.15) is 19.4 Å². The summed E-state index contributed by atoms with van der Waals surface area (Å²) in [5.74, 6) is 0. The highest BCUT2D eigenvalue weighted by molar-refractivity contribution is 5.65. The molecule has 2 atom stereocenters. The zero-order valence-corrected chi connectivity index (χ0v) is 13.0. The second-order valence-electron chi connectivity index (χ2n) is 6.12. The van der Waals surface area contributed by atoms with Crippen LogP contribution in [0.4, 0.5) is 11.4 Å². The van der Waals surface area contributed by atoms with Gasteiger partial charge in [-0.2, -0.15) is 0 Å². The predicted octanol–water partition coefficient (Wildman–Crippen LogP) is 2.14. The Morgan fingerprint density at radius 2 is 1.85 bits per heavy atom. The SMILES string of the molecule is CON1CCc2ccc(N3CC(C)N(C)C(C)C3)cc21. The quantitative estimate of drug-likeness (QED) is 0.823. The van der Waals surface area contributed by atoms with Crippen molar-refractivity contribution in [2.45, 2.75) is 32.4 Å². The second-order valence-corrected chi connectivity index (χ2v) is 6.12. The molecule has 0 bridgehead atoms. The van der Waals surface area contributed by atoms with E-state index < -0.39 is 0 Å². The monoisotopic (exact) mass is 275 g/mol. The topological polar surface area (TPSA) is 19.0 Å². The van der Waals surface area contributed by atoms with Crippen molar-refractivity contribution in [2.75, 3.05) is 43.8 Å². The molecule has 0 N–H and O–H groups in total. The minimum Gasteiger partial charge on any atom is -0.368 e. The largest absolute Gasteiger partial charge is 0.368 e. The maximum atomic E-state index is 5.45. The number of piperazine rings is 1. The second kappa shape index (κ2) is 5.26. The smallest absolute Gasteiger partial charge is 0.0689 e. The molecule has 4 nitrogen and oxygen atoms in total. The number of hydrogen-bond acceptors (Lipinski definition) is 4. The van der Waals surface area contributed by atoms with Crippen LogP contribution in [-0.2, 0) is 11.3 Å². The van der Waals surface area contributed by atoms with Crippen molar-refractivity contribution in [2.24, 2.45) is 0 Å². The van der Waals surface area contributed by atoms with Gasteiger partial charge in [-0.15, -0.1) is 0 Å². The van der Waals surface area contributed by atoms with E-state index in [9.17, 15) is 0 Å². The van der Waals surface area contributed by atoms with Crippen molar-refractivity contribution in [1.29, 1.82) is 0 Å². The number of likely N-dealkylation sites (N-methyl/N-ethyl adjacent to an activating group) is 1. The molecule has 110 valence electrons. The molecule has 0 radical (unpaired) electrons. The van der Waals surface area contributed by atoms with E-state index in [1.807, 2.05) is 5.06 Å². The summed E-state index contributed by atoms with van der Waals surface area (Å²) in [6, 6.07) is 7.99. The molecule has 2 heterocycles. The first-order valence-corrected chi connectivity index (χ1v) is 7.51. The number of hydroxylamine groups is 1. The van der Waals surface area contributed by atoms with Crippen LogP contribution >= 0.6 is 0 Å². The van der Waals surface area contributed by atoms with Gasteiger partial charge in [0.1, 0.15) is 0 Å². The van der Waals surface area contributed by atoms with Crippen molar-refractivity contribution in [3.8, 4) is 0 Å². The highest BCUT2D eigenvalue weighted by Gasteiger charge is 2.28. The molecule has 1 aromatic carbocycles. The summed E-state index contributed by atoms with van der Waals surface area (Å²) in [7, 11) is 3.98. The van der Waals surface area contributed by atoms with E-state index in [1.54, 1.807) is 7.11 Å². The molecule has 2 aliphatic heterocycles. The van der Waals surface area contributed by atoms with Gasteiger partial charge >= 0.3 is 0 Å². The first kappa shape index (κ1) is 13.7. The Morgan fingerprint density at radius 3 is 2.50 bits per heavy atom. The molecule has 0 amide bonds. The maximum Gasteiger partial charge on any atom is 0.0689 e. The molecule has 1 fully saturated rings.